The monoisotopic (exact) mass is 368 g/mol. The molecule has 4 aromatic rings. The summed E-state index contributed by atoms with van der Waals surface area (Å²) in [5.74, 6) is 0.903. The van der Waals surface area contributed by atoms with E-state index in [1.165, 1.54) is 5.56 Å². The van der Waals surface area contributed by atoms with Gasteiger partial charge < -0.3 is 4.52 Å². The highest BCUT2D eigenvalue weighted by Gasteiger charge is 2.16. The van der Waals surface area contributed by atoms with Gasteiger partial charge in [-0.3, -0.25) is 5.43 Å². The number of anilines is 1. The van der Waals surface area contributed by atoms with Gasteiger partial charge in [0.15, 0.2) is 0 Å². The lowest BCUT2D eigenvalue weighted by molar-refractivity contribution is 0.429. The fraction of sp³-hybridized carbons (Fsp3) is 0.0870. The highest BCUT2D eigenvalue weighted by molar-refractivity contribution is 6.10. The lowest BCUT2D eigenvalue weighted by Gasteiger charge is -2.08. The molecule has 0 saturated carbocycles. The molecule has 0 aliphatic carbocycles. The van der Waals surface area contributed by atoms with Crippen LogP contribution in [0, 0.1) is 0 Å². The summed E-state index contributed by atoms with van der Waals surface area (Å²) in [6.45, 7) is 2.12. The third-order valence-electron chi connectivity index (χ3n) is 4.39. The van der Waals surface area contributed by atoms with Crippen LogP contribution in [0.4, 0.5) is 5.69 Å². The number of hydrogen-bond donors (Lipinski definition) is 1. The van der Waals surface area contributed by atoms with E-state index < -0.39 is 0 Å². The summed E-state index contributed by atoms with van der Waals surface area (Å²) in [6, 6.07) is 27.7. The number of rotatable bonds is 6. The Hall–Kier alpha value is -3.73. The van der Waals surface area contributed by atoms with Gasteiger partial charge in [0.1, 0.15) is 5.71 Å². The molecule has 4 rings (SSSR count). The Balaban J connectivity index is 1.72. The summed E-state index contributed by atoms with van der Waals surface area (Å²) < 4.78 is 5.48. The normalized spacial score (nSPS) is 11.4. The fourth-order valence-electron chi connectivity index (χ4n) is 2.91. The quantitative estimate of drug-likeness (QED) is 0.377. The van der Waals surface area contributed by atoms with Crippen molar-refractivity contribution in [2.24, 2.45) is 5.10 Å². The maximum absolute atomic E-state index is 5.48. The van der Waals surface area contributed by atoms with Gasteiger partial charge in [-0.05, 0) is 30.2 Å². The Morgan fingerprint density at radius 1 is 0.893 bits per heavy atom. The molecule has 0 fully saturated rings. The fourth-order valence-corrected chi connectivity index (χ4v) is 2.91. The number of aryl methyl sites for hydroxylation is 1. The third kappa shape index (κ3) is 3.83. The van der Waals surface area contributed by atoms with Crippen LogP contribution in [0.25, 0.3) is 11.5 Å². The van der Waals surface area contributed by atoms with E-state index in [1.807, 2.05) is 78.9 Å². The number of nitrogens with one attached hydrogen (secondary N) is 1. The first-order valence-corrected chi connectivity index (χ1v) is 9.21. The molecule has 3 aromatic carbocycles. The van der Waals surface area contributed by atoms with Crippen molar-refractivity contribution in [2.75, 3.05) is 5.43 Å². The molecule has 0 radical (unpaired) electrons. The smallest absolute Gasteiger partial charge is 0.258 e. The van der Waals surface area contributed by atoms with Gasteiger partial charge in [0.2, 0.25) is 5.82 Å². The van der Waals surface area contributed by atoms with E-state index >= 15 is 0 Å². The van der Waals surface area contributed by atoms with Crippen LogP contribution in [0.15, 0.2) is 94.6 Å². The Morgan fingerprint density at radius 2 is 1.57 bits per heavy atom. The number of para-hydroxylation sites is 1. The molecule has 0 bridgehead atoms. The Labute approximate surface area is 163 Å². The number of benzene rings is 3. The predicted molar refractivity (Wildman–Crippen MR) is 111 cm³/mol. The second kappa shape index (κ2) is 8.31. The average Bonchev–Trinajstić information content (AvgIpc) is 3.25. The number of aromatic nitrogens is 2. The van der Waals surface area contributed by atoms with Crippen molar-refractivity contribution in [1.82, 2.24) is 10.1 Å². The molecule has 0 unspecified atom stereocenters. The van der Waals surface area contributed by atoms with E-state index in [1.54, 1.807) is 0 Å². The van der Waals surface area contributed by atoms with Crippen LogP contribution in [-0.4, -0.2) is 15.9 Å². The molecule has 0 spiro atoms. The Morgan fingerprint density at radius 3 is 2.32 bits per heavy atom. The molecule has 0 atom stereocenters. The first-order chi connectivity index (χ1) is 13.8. The van der Waals surface area contributed by atoms with Gasteiger partial charge in [-0.2, -0.15) is 10.1 Å². The van der Waals surface area contributed by atoms with Crippen LogP contribution in [0.3, 0.4) is 0 Å². The molecule has 28 heavy (non-hydrogen) atoms. The van der Waals surface area contributed by atoms with Crippen molar-refractivity contribution in [3.8, 4) is 11.5 Å². The minimum atomic E-state index is 0.437. The summed E-state index contributed by atoms with van der Waals surface area (Å²) in [7, 11) is 0. The van der Waals surface area contributed by atoms with Gasteiger partial charge >= 0.3 is 0 Å². The van der Waals surface area contributed by atoms with Crippen molar-refractivity contribution in [3.63, 3.8) is 0 Å². The van der Waals surface area contributed by atoms with Gasteiger partial charge in [-0.1, -0.05) is 78.8 Å². The molecule has 0 amide bonds. The van der Waals surface area contributed by atoms with Crippen molar-refractivity contribution in [3.05, 3.63) is 102 Å². The second-order valence-corrected chi connectivity index (χ2v) is 6.24. The highest BCUT2D eigenvalue weighted by Crippen LogP contribution is 2.19. The van der Waals surface area contributed by atoms with Gasteiger partial charge in [-0.15, -0.1) is 0 Å². The molecule has 0 saturated heterocycles. The number of nitrogens with zero attached hydrogens (tertiary/aromatic N) is 3. The van der Waals surface area contributed by atoms with E-state index in [0.717, 1.165) is 23.2 Å². The van der Waals surface area contributed by atoms with E-state index in [-0.39, 0.29) is 0 Å². The molecule has 1 heterocycles. The SMILES string of the molecule is CCc1ccccc1N/N=C(\c1ccccc1)c1noc(-c2ccccc2)n1. The summed E-state index contributed by atoms with van der Waals surface area (Å²) >= 11 is 0. The molecule has 0 aliphatic rings. The highest BCUT2D eigenvalue weighted by atomic mass is 16.5. The Bertz CT molecular complexity index is 1070. The summed E-state index contributed by atoms with van der Waals surface area (Å²) in [5, 5.41) is 8.80. The van der Waals surface area contributed by atoms with Gasteiger partial charge in [0.25, 0.3) is 5.89 Å². The molecular weight excluding hydrogens is 348 g/mol. The van der Waals surface area contributed by atoms with Crippen LogP contribution in [0.2, 0.25) is 0 Å². The second-order valence-electron chi connectivity index (χ2n) is 6.24. The molecule has 138 valence electrons. The lowest BCUT2D eigenvalue weighted by atomic mass is 10.1. The molecule has 0 aliphatic heterocycles. The third-order valence-corrected chi connectivity index (χ3v) is 4.39. The van der Waals surface area contributed by atoms with Crippen LogP contribution in [0.5, 0.6) is 0 Å². The van der Waals surface area contributed by atoms with Crippen molar-refractivity contribution >= 4 is 11.4 Å². The molecule has 5 nitrogen and oxygen atoms in total. The van der Waals surface area contributed by atoms with Gasteiger partial charge in [0, 0.05) is 11.1 Å². The topological polar surface area (TPSA) is 63.3 Å². The van der Waals surface area contributed by atoms with Crippen LogP contribution in [0.1, 0.15) is 23.9 Å². The lowest BCUT2D eigenvalue weighted by Crippen LogP contribution is -2.09. The van der Waals surface area contributed by atoms with Gasteiger partial charge in [0.05, 0.1) is 5.69 Å². The van der Waals surface area contributed by atoms with E-state index in [0.29, 0.717) is 17.4 Å². The van der Waals surface area contributed by atoms with Crippen LogP contribution in [-0.2, 0) is 6.42 Å². The van der Waals surface area contributed by atoms with E-state index in [9.17, 15) is 0 Å². The van der Waals surface area contributed by atoms with E-state index in [2.05, 4.69) is 33.7 Å². The molecule has 5 heteroatoms. The van der Waals surface area contributed by atoms with Crippen molar-refractivity contribution in [1.29, 1.82) is 0 Å². The standard InChI is InChI=1S/C23H20N4O/c1-2-17-11-9-10-16-20(17)25-26-21(18-12-5-3-6-13-18)22-24-23(28-27-22)19-14-7-4-8-15-19/h3-16,25H,2H2,1H3/b26-21+. The molecular formula is C23H20N4O. The van der Waals surface area contributed by atoms with Crippen LogP contribution >= 0.6 is 0 Å². The summed E-state index contributed by atoms with van der Waals surface area (Å²) in [6.07, 6.45) is 0.916. The molecule has 1 aromatic heterocycles. The van der Waals surface area contributed by atoms with Crippen molar-refractivity contribution < 1.29 is 4.52 Å². The molecule has 1 N–H and O–H groups in total. The number of hydrazone groups is 1. The first kappa shape index (κ1) is 17.7. The minimum absolute atomic E-state index is 0.437. The maximum atomic E-state index is 5.48. The summed E-state index contributed by atoms with van der Waals surface area (Å²) in [5.41, 5.74) is 7.73. The number of hydrogen-bond acceptors (Lipinski definition) is 5. The van der Waals surface area contributed by atoms with Gasteiger partial charge in [-0.25, -0.2) is 0 Å². The first-order valence-electron chi connectivity index (χ1n) is 9.21. The van der Waals surface area contributed by atoms with E-state index in [4.69, 9.17) is 4.52 Å². The van der Waals surface area contributed by atoms with Crippen molar-refractivity contribution in [2.45, 2.75) is 13.3 Å². The minimum Gasteiger partial charge on any atom is -0.334 e. The maximum Gasteiger partial charge on any atom is 0.258 e. The largest absolute Gasteiger partial charge is 0.334 e. The predicted octanol–water partition coefficient (Wildman–Crippen LogP) is 5.16. The average molecular weight is 368 g/mol. The zero-order chi connectivity index (χ0) is 19.2. The zero-order valence-corrected chi connectivity index (χ0v) is 15.5. The zero-order valence-electron chi connectivity index (χ0n) is 15.5. The summed E-state index contributed by atoms with van der Waals surface area (Å²) in [4.78, 5) is 4.56. The van der Waals surface area contributed by atoms with Crippen LogP contribution < -0.4 is 5.43 Å². The Kier molecular flexibility index (Phi) is 5.24.